The van der Waals surface area contributed by atoms with E-state index in [9.17, 15) is 4.79 Å². The Bertz CT molecular complexity index is 1350. The summed E-state index contributed by atoms with van der Waals surface area (Å²) in [7, 11) is 1.67. The van der Waals surface area contributed by atoms with E-state index in [1.807, 2.05) is 43.3 Å². The number of aryl methyl sites for hydroxylation is 1. The van der Waals surface area contributed by atoms with Gasteiger partial charge < -0.3 is 4.74 Å². The number of rotatable bonds is 5. The molecule has 0 saturated carbocycles. The molecular weight excluding hydrogens is 474 g/mol. The lowest BCUT2D eigenvalue weighted by Gasteiger charge is -2.17. The fraction of sp³-hybridized carbons (Fsp3) is 0.208. The summed E-state index contributed by atoms with van der Waals surface area (Å²) in [5, 5.41) is 5.08. The van der Waals surface area contributed by atoms with Gasteiger partial charge in [0.15, 0.2) is 5.82 Å². The first-order valence-electron chi connectivity index (χ1n) is 9.89. The van der Waals surface area contributed by atoms with Gasteiger partial charge in [-0.15, -0.1) is 11.3 Å². The van der Waals surface area contributed by atoms with Crippen molar-refractivity contribution in [2.45, 2.75) is 26.7 Å². The van der Waals surface area contributed by atoms with E-state index in [4.69, 9.17) is 9.72 Å². The summed E-state index contributed by atoms with van der Waals surface area (Å²) in [6.07, 6.45) is 1.69. The van der Waals surface area contributed by atoms with E-state index in [1.54, 1.807) is 30.7 Å². The molecule has 2 aromatic heterocycles. The van der Waals surface area contributed by atoms with Gasteiger partial charge in [0.2, 0.25) is 0 Å². The molecule has 0 fully saturated rings. The monoisotopic (exact) mass is 495 g/mol. The molecule has 0 N–H and O–H groups in total. The summed E-state index contributed by atoms with van der Waals surface area (Å²) in [6.45, 7) is 6.23. The maximum absolute atomic E-state index is 13.4. The minimum atomic E-state index is -0.200. The molecule has 0 aliphatic carbocycles. The van der Waals surface area contributed by atoms with Crippen molar-refractivity contribution in [3.63, 3.8) is 0 Å². The molecule has 0 bridgehead atoms. The molecule has 7 heteroatoms. The predicted octanol–water partition coefficient (Wildman–Crippen LogP) is 6.21. The minimum Gasteiger partial charge on any atom is -0.496 e. The van der Waals surface area contributed by atoms with Gasteiger partial charge in [-0.05, 0) is 76.3 Å². The average Bonchev–Trinajstić information content (AvgIpc) is 3.17. The van der Waals surface area contributed by atoms with Gasteiger partial charge in [-0.1, -0.05) is 26.0 Å². The van der Waals surface area contributed by atoms with Crippen molar-refractivity contribution in [1.82, 2.24) is 9.66 Å². The molecular formula is C24H22BrN3O2S. The topological polar surface area (TPSA) is 56.5 Å². The molecule has 0 aliphatic heterocycles. The van der Waals surface area contributed by atoms with Gasteiger partial charge in [0, 0.05) is 10.4 Å². The number of para-hydroxylation sites is 1. The lowest BCUT2D eigenvalue weighted by atomic mass is 9.96. The zero-order valence-electron chi connectivity index (χ0n) is 17.7. The number of hydrogen-bond acceptors (Lipinski definition) is 5. The zero-order valence-corrected chi connectivity index (χ0v) is 20.1. The summed E-state index contributed by atoms with van der Waals surface area (Å²) < 4.78 is 7.99. The first kappa shape index (κ1) is 21.5. The average molecular weight is 496 g/mol. The van der Waals surface area contributed by atoms with Gasteiger partial charge in [-0.25, -0.2) is 4.98 Å². The van der Waals surface area contributed by atoms with Crippen molar-refractivity contribution in [1.29, 1.82) is 0 Å². The molecule has 0 atom stereocenters. The Kier molecular flexibility index (Phi) is 6.07. The van der Waals surface area contributed by atoms with Crippen LogP contribution in [-0.2, 0) is 0 Å². The summed E-state index contributed by atoms with van der Waals surface area (Å²) in [5.41, 5.74) is 3.33. The second-order valence-electron chi connectivity index (χ2n) is 7.52. The molecule has 31 heavy (non-hydrogen) atoms. The molecule has 2 heterocycles. The van der Waals surface area contributed by atoms with Crippen LogP contribution in [0, 0.1) is 6.92 Å². The fourth-order valence-electron chi connectivity index (χ4n) is 3.48. The molecule has 0 amide bonds. The molecule has 158 valence electrons. The lowest BCUT2D eigenvalue weighted by Crippen LogP contribution is -2.20. The number of fused-ring (bicyclic) bond motifs is 1. The Labute approximate surface area is 193 Å². The Morgan fingerprint density at radius 2 is 1.97 bits per heavy atom. The predicted molar refractivity (Wildman–Crippen MR) is 132 cm³/mol. The number of nitrogens with zero attached hydrogens (tertiary/aromatic N) is 3. The van der Waals surface area contributed by atoms with Crippen LogP contribution in [0.15, 0.2) is 62.2 Å². The maximum atomic E-state index is 13.4. The first-order valence-corrected chi connectivity index (χ1v) is 11.5. The third-order valence-electron chi connectivity index (χ3n) is 5.09. The van der Waals surface area contributed by atoms with Crippen LogP contribution in [0.3, 0.4) is 0 Å². The Balaban J connectivity index is 2.00. The van der Waals surface area contributed by atoms with E-state index < -0.39 is 0 Å². The Morgan fingerprint density at radius 1 is 1.19 bits per heavy atom. The Hall–Kier alpha value is -2.77. The largest absolute Gasteiger partial charge is 0.496 e. The van der Waals surface area contributed by atoms with E-state index in [2.05, 4.69) is 40.9 Å². The number of aromatic nitrogens is 2. The first-order chi connectivity index (χ1) is 14.9. The highest BCUT2D eigenvalue weighted by molar-refractivity contribution is 9.11. The van der Waals surface area contributed by atoms with E-state index in [1.165, 1.54) is 4.68 Å². The Morgan fingerprint density at radius 3 is 2.65 bits per heavy atom. The number of halogens is 1. The molecule has 0 unspecified atom stereocenters. The molecule has 2 aromatic carbocycles. The number of hydrogen-bond donors (Lipinski definition) is 0. The highest BCUT2D eigenvalue weighted by Crippen LogP contribution is 2.34. The lowest BCUT2D eigenvalue weighted by molar-refractivity contribution is 0.407. The molecule has 4 aromatic rings. The van der Waals surface area contributed by atoms with Crippen molar-refractivity contribution in [3.05, 3.63) is 78.7 Å². The number of benzene rings is 2. The summed E-state index contributed by atoms with van der Waals surface area (Å²) in [4.78, 5) is 19.2. The van der Waals surface area contributed by atoms with Gasteiger partial charge in [0.05, 0.1) is 28.0 Å². The fourth-order valence-corrected chi connectivity index (χ4v) is 4.77. The highest BCUT2D eigenvalue weighted by Gasteiger charge is 2.18. The van der Waals surface area contributed by atoms with Crippen molar-refractivity contribution in [3.8, 4) is 17.1 Å². The second kappa shape index (κ2) is 8.77. The van der Waals surface area contributed by atoms with Gasteiger partial charge >= 0.3 is 0 Å². The summed E-state index contributed by atoms with van der Waals surface area (Å²) in [5.74, 6) is 1.59. The molecule has 5 nitrogen and oxygen atoms in total. The van der Waals surface area contributed by atoms with Crippen molar-refractivity contribution >= 4 is 44.4 Å². The SMILES string of the molecule is COc1cc(C)c(-c2nc3ccccc3c(=O)n2N=Cc2ccc(Br)s2)cc1C(C)C. The van der Waals surface area contributed by atoms with Crippen LogP contribution < -0.4 is 10.3 Å². The van der Waals surface area contributed by atoms with Gasteiger partial charge in [-0.2, -0.15) is 9.78 Å². The van der Waals surface area contributed by atoms with Crippen molar-refractivity contribution in [2.75, 3.05) is 7.11 Å². The van der Waals surface area contributed by atoms with Crippen molar-refractivity contribution in [2.24, 2.45) is 5.10 Å². The van der Waals surface area contributed by atoms with Crippen LogP contribution in [0.25, 0.3) is 22.3 Å². The van der Waals surface area contributed by atoms with Crippen molar-refractivity contribution < 1.29 is 4.74 Å². The van der Waals surface area contributed by atoms with Crippen LogP contribution in [0.1, 0.15) is 35.8 Å². The minimum absolute atomic E-state index is 0.200. The maximum Gasteiger partial charge on any atom is 0.282 e. The van der Waals surface area contributed by atoms with Crippen LogP contribution in [0.5, 0.6) is 5.75 Å². The number of thiophene rings is 1. The second-order valence-corrected chi connectivity index (χ2v) is 10.0. The highest BCUT2D eigenvalue weighted by atomic mass is 79.9. The normalized spacial score (nSPS) is 11.7. The molecule has 0 saturated heterocycles. The van der Waals surface area contributed by atoms with E-state index in [-0.39, 0.29) is 11.5 Å². The number of ether oxygens (including phenoxy) is 1. The quantitative estimate of drug-likeness (QED) is 0.309. The van der Waals surface area contributed by atoms with E-state index in [0.717, 1.165) is 31.1 Å². The third kappa shape index (κ3) is 4.20. The summed E-state index contributed by atoms with van der Waals surface area (Å²) >= 11 is 5.01. The van der Waals surface area contributed by atoms with Crippen LogP contribution in [0.2, 0.25) is 0 Å². The van der Waals surface area contributed by atoms with E-state index >= 15 is 0 Å². The van der Waals surface area contributed by atoms with Gasteiger partial charge in [-0.3, -0.25) is 4.79 Å². The number of methoxy groups -OCH3 is 1. The van der Waals surface area contributed by atoms with Gasteiger partial charge in [0.25, 0.3) is 5.56 Å². The van der Waals surface area contributed by atoms with Gasteiger partial charge in [0.1, 0.15) is 5.75 Å². The van der Waals surface area contributed by atoms with Crippen LogP contribution in [0.4, 0.5) is 0 Å². The summed E-state index contributed by atoms with van der Waals surface area (Å²) in [6, 6.07) is 15.3. The smallest absolute Gasteiger partial charge is 0.282 e. The van der Waals surface area contributed by atoms with Crippen LogP contribution >= 0.6 is 27.3 Å². The zero-order chi connectivity index (χ0) is 22.1. The molecule has 4 rings (SSSR count). The molecule has 0 spiro atoms. The van der Waals surface area contributed by atoms with Crippen LogP contribution in [-0.4, -0.2) is 23.0 Å². The third-order valence-corrected chi connectivity index (χ3v) is 6.65. The standard InChI is InChI=1S/C24H22BrN3O2S/c1-14(2)18-12-19(15(3)11-21(18)30-4)23-27-20-8-6-5-7-17(20)24(29)28(23)26-13-16-9-10-22(25)31-16/h5-14H,1-4H3. The van der Waals surface area contributed by atoms with E-state index in [0.29, 0.717) is 16.7 Å². The molecule has 0 aliphatic rings. The molecule has 0 radical (unpaired) electrons.